The Morgan fingerprint density at radius 2 is 2.00 bits per heavy atom. The first kappa shape index (κ1) is 16.4. The molecule has 2 rings (SSSR count). The number of hydrogen-bond acceptors (Lipinski definition) is 3. The van der Waals surface area contributed by atoms with Crippen molar-refractivity contribution in [3.63, 3.8) is 0 Å². The van der Waals surface area contributed by atoms with Crippen LogP contribution in [0.2, 0.25) is 0 Å². The number of pyridine rings is 1. The molecule has 1 aromatic carbocycles. The Labute approximate surface area is 130 Å². The topological polar surface area (TPSA) is 45.2 Å². The number of carbonyl (C=O) groups is 1. The van der Waals surface area contributed by atoms with Gasteiger partial charge in [0.2, 0.25) is 0 Å². The molecule has 1 aromatic heterocycles. The molecule has 0 radical (unpaired) electrons. The van der Waals surface area contributed by atoms with E-state index in [0.717, 1.165) is 25.2 Å². The maximum absolute atomic E-state index is 14.1. The summed E-state index contributed by atoms with van der Waals surface area (Å²) in [4.78, 5) is 18.6. The van der Waals surface area contributed by atoms with E-state index in [1.54, 1.807) is 12.1 Å². The highest BCUT2D eigenvalue weighted by molar-refractivity contribution is 5.95. The quantitative estimate of drug-likeness (QED) is 0.892. The van der Waals surface area contributed by atoms with E-state index < -0.39 is 5.82 Å². The summed E-state index contributed by atoms with van der Waals surface area (Å²) in [6.07, 6.45) is 0. The molecule has 0 aliphatic heterocycles. The lowest BCUT2D eigenvalue weighted by atomic mass is 10.1. The van der Waals surface area contributed by atoms with Crippen molar-refractivity contribution in [2.75, 3.05) is 26.2 Å². The van der Waals surface area contributed by atoms with Gasteiger partial charge in [-0.1, -0.05) is 25.5 Å². The van der Waals surface area contributed by atoms with Crippen LogP contribution in [-0.4, -0.2) is 42.0 Å². The summed E-state index contributed by atoms with van der Waals surface area (Å²) in [6.45, 7) is 9.22. The number of likely N-dealkylation sites (N-methyl/N-ethyl adjacent to an activating group) is 1. The molecule has 0 unspecified atom stereocenters. The highest BCUT2D eigenvalue weighted by Gasteiger charge is 2.12. The summed E-state index contributed by atoms with van der Waals surface area (Å²) in [5.41, 5.74) is 1.58. The van der Waals surface area contributed by atoms with Crippen LogP contribution in [0.15, 0.2) is 24.3 Å². The average Bonchev–Trinajstić information content (AvgIpc) is 2.52. The second-order valence-electron chi connectivity index (χ2n) is 5.29. The monoisotopic (exact) mass is 303 g/mol. The van der Waals surface area contributed by atoms with Crippen molar-refractivity contribution in [1.82, 2.24) is 15.2 Å². The van der Waals surface area contributed by atoms with Crippen molar-refractivity contribution in [3.8, 4) is 0 Å². The number of carbonyl (C=O) groups excluding carboxylic acids is 1. The van der Waals surface area contributed by atoms with Gasteiger partial charge in [-0.3, -0.25) is 4.79 Å². The van der Waals surface area contributed by atoms with Gasteiger partial charge in [0.15, 0.2) is 0 Å². The molecule has 0 spiro atoms. The minimum absolute atomic E-state index is 0.119. The summed E-state index contributed by atoms with van der Waals surface area (Å²) < 4.78 is 14.1. The first-order valence-corrected chi connectivity index (χ1v) is 7.62. The summed E-state index contributed by atoms with van der Waals surface area (Å²) in [5, 5.41) is 3.24. The van der Waals surface area contributed by atoms with E-state index in [9.17, 15) is 9.18 Å². The number of benzene rings is 1. The van der Waals surface area contributed by atoms with Crippen molar-refractivity contribution >= 4 is 16.8 Å². The lowest BCUT2D eigenvalue weighted by molar-refractivity contribution is 0.0944. The Morgan fingerprint density at radius 3 is 2.68 bits per heavy atom. The second-order valence-corrected chi connectivity index (χ2v) is 5.29. The third-order valence-corrected chi connectivity index (χ3v) is 3.75. The molecular weight excluding hydrogens is 281 g/mol. The molecule has 0 fully saturated rings. The molecule has 1 amide bonds. The highest BCUT2D eigenvalue weighted by Crippen LogP contribution is 2.18. The van der Waals surface area contributed by atoms with Crippen LogP contribution in [0.4, 0.5) is 4.39 Å². The van der Waals surface area contributed by atoms with Crippen LogP contribution >= 0.6 is 0 Å². The number of nitrogens with one attached hydrogen (secondary N) is 1. The van der Waals surface area contributed by atoms with Gasteiger partial charge in [0.1, 0.15) is 11.5 Å². The molecule has 0 aliphatic carbocycles. The largest absolute Gasteiger partial charge is 0.349 e. The predicted octanol–water partition coefficient (Wildman–Crippen LogP) is 2.75. The van der Waals surface area contributed by atoms with E-state index in [-0.39, 0.29) is 11.6 Å². The zero-order valence-corrected chi connectivity index (χ0v) is 13.3. The number of fused-ring (bicyclic) bond motifs is 1. The number of rotatable bonds is 6. The number of aryl methyl sites for hydroxylation is 1. The van der Waals surface area contributed by atoms with Crippen LogP contribution in [-0.2, 0) is 0 Å². The molecule has 1 heterocycles. The van der Waals surface area contributed by atoms with Crippen molar-refractivity contribution < 1.29 is 9.18 Å². The third-order valence-electron chi connectivity index (χ3n) is 3.75. The Morgan fingerprint density at radius 1 is 1.27 bits per heavy atom. The van der Waals surface area contributed by atoms with E-state index in [2.05, 4.69) is 29.0 Å². The zero-order valence-electron chi connectivity index (χ0n) is 13.3. The lowest BCUT2D eigenvalue weighted by Crippen LogP contribution is -2.35. The molecule has 0 saturated heterocycles. The van der Waals surface area contributed by atoms with E-state index in [1.807, 2.05) is 13.0 Å². The average molecular weight is 303 g/mol. The number of amides is 1. The fourth-order valence-electron chi connectivity index (χ4n) is 2.37. The minimum Gasteiger partial charge on any atom is -0.349 e. The van der Waals surface area contributed by atoms with Gasteiger partial charge >= 0.3 is 0 Å². The smallest absolute Gasteiger partial charge is 0.270 e. The molecule has 2 aromatic rings. The molecule has 0 aliphatic rings. The van der Waals surface area contributed by atoms with E-state index in [0.29, 0.717) is 17.4 Å². The Kier molecular flexibility index (Phi) is 5.44. The maximum Gasteiger partial charge on any atom is 0.270 e. The fraction of sp³-hybridized carbons (Fsp3) is 0.412. The predicted molar refractivity (Wildman–Crippen MR) is 86.6 cm³/mol. The number of halogens is 1. The van der Waals surface area contributed by atoms with Crippen LogP contribution in [0, 0.1) is 12.7 Å². The fourth-order valence-corrected chi connectivity index (χ4v) is 2.37. The van der Waals surface area contributed by atoms with Gasteiger partial charge in [-0.05, 0) is 32.1 Å². The first-order chi connectivity index (χ1) is 10.5. The summed E-state index contributed by atoms with van der Waals surface area (Å²) in [5.74, 6) is -0.754. The van der Waals surface area contributed by atoms with Gasteiger partial charge in [-0.2, -0.15) is 0 Å². The molecule has 0 saturated carbocycles. The molecule has 0 atom stereocenters. The molecule has 1 N–H and O–H groups in total. The molecule has 5 heteroatoms. The Balaban J connectivity index is 2.10. The van der Waals surface area contributed by atoms with Crippen molar-refractivity contribution in [3.05, 3.63) is 41.3 Å². The van der Waals surface area contributed by atoms with Crippen LogP contribution < -0.4 is 5.32 Å². The standard InChI is InChI=1S/C17H22FN3O/c1-4-21(5-2)9-8-19-17(22)16-11-14(18)13-10-12(3)6-7-15(13)20-16/h6-7,10-11H,4-5,8-9H2,1-3H3,(H,19,22). The molecule has 0 bridgehead atoms. The van der Waals surface area contributed by atoms with E-state index >= 15 is 0 Å². The third kappa shape index (κ3) is 3.80. The summed E-state index contributed by atoms with van der Waals surface area (Å²) >= 11 is 0. The van der Waals surface area contributed by atoms with Gasteiger partial charge in [0, 0.05) is 24.5 Å². The van der Waals surface area contributed by atoms with E-state index in [4.69, 9.17) is 0 Å². The lowest BCUT2D eigenvalue weighted by Gasteiger charge is -2.17. The van der Waals surface area contributed by atoms with Gasteiger partial charge < -0.3 is 10.2 Å². The second kappa shape index (κ2) is 7.31. The first-order valence-electron chi connectivity index (χ1n) is 7.62. The Hall–Kier alpha value is -2.01. The summed E-state index contributed by atoms with van der Waals surface area (Å²) in [6, 6.07) is 6.53. The Bertz CT molecular complexity index is 668. The number of nitrogens with zero attached hydrogens (tertiary/aromatic N) is 2. The van der Waals surface area contributed by atoms with Crippen molar-refractivity contribution in [2.24, 2.45) is 0 Å². The normalized spacial score (nSPS) is 11.1. The van der Waals surface area contributed by atoms with Crippen molar-refractivity contribution in [1.29, 1.82) is 0 Å². The van der Waals surface area contributed by atoms with E-state index in [1.165, 1.54) is 6.07 Å². The van der Waals surface area contributed by atoms with Gasteiger partial charge in [-0.15, -0.1) is 0 Å². The number of aromatic nitrogens is 1. The van der Waals surface area contributed by atoms with Gasteiger partial charge in [0.05, 0.1) is 5.52 Å². The molecule has 118 valence electrons. The molecular formula is C17H22FN3O. The number of hydrogen-bond donors (Lipinski definition) is 1. The summed E-state index contributed by atoms with van der Waals surface area (Å²) in [7, 11) is 0. The SMILES string of the molecule is CCN(CC)CCNC(=O)c1cc(F)c2cc(C)ccc2n1. The van der Waals surface area contributed by atoms with Crippen molar-refractivity contribution in [2.45, 2.75) is 20.8 Å². The minimum atomic E-state index is -0.414. The van der Waals surface area contributed by atoms with Crippen LogP contribution in [0.3, 0.4) is 0 Å². The van der Waals surface area contributed by atoms with Crippen LogP contribution in [0.1, 0.15) is 29.9 Å². The molecule has 22 heavy (non-hydrogen) atoms. The van der Waals surface area contributed by atoms with Crippen LogP contribution in [0.25, 0.3) is 10.9 Å². The zero-order chi connectivity index (χ0) is 16.1. The molecule has 4 nitrogen and oxygen atoms in total. The maximum atomic E-state index is 14.1. The highest BCUT2D eigenvalue weighted by atomic mass is 19.1. The van der Waals surface area contributed by atoms with Gasteiger partial charge in [-0.25, -0.2) is 9.37 Å². The van der Waals surface area contributed by atoms with Crippen LogP contribution in [0.5, 0.6) is 0 Å². The van der Waals surface area contributed by atoms with Gasteiger partial charge in [0.25, 0.3) is 5.91 Å².